The molecule has 1 aliphatic carbocycles. The van der Waals surface area contributed by atoms with Gasteiger partial charge in [-0.1, -0.05) is 0 Å². The van der Waals surface area contributed by atoms with E-state index in [9.17, 15) is 27.9 Å². The summed E-state index contributed by atoms with van der Waals surface area (Å²) in [6.45, 7) is 5.17. The van der Waals surface area contributed by atoms with Crippen molar-refractivity contribution in [1.82, 2.24) is 20.9 Å². The molecule has 2 saturated heterocycles. The molecule has 1 aromatic carbocycles. The Balaban J connectivity index is 1.53. The average Bonchev–Trinajstić information content (AvgIpc) is 3.03. The number of aromatic hydroxyl groups is 1. The third kappa shape index (κ3) is 4.07. The van der Waals surface area contributed by atoms with Crippen molar-refractivity contribution in [2.75, 3.05) is 19.6 Å². The highest BCUT2D eigenvalue weighted by Gasteiger charge is 2.55. The van der Waals surface area contributed by atoms with E-state index in [0.717, 1.165) is 12.1 Å². The number of phenolic OH excluding ortho intramolecular Hbond substituents is 1. The fraction of sp³-hybridized carbons (Fsp3) is 0.478. The quantitative estimate of drug-likeness (QED) is 0.537. The molecule has 7 nitrogen and oxygen atoms in total. The van der Waals surface area contributed by atoms with Gasteiger partial charge in [-0.25, -0.2) is 13.2 Å². The molecular formula is C23H27F3N4O3. The Morgan fingerprint density at radius 3 is 2.67 bits per heavy atom. The van der Waals surface area contributed by atoms with Crippen LogP contribution in [-0.2, 0) is 4.79 Å². The molecule has 1 aromatic rings. The normalized spacial score (nSPS) is 27.7. The van der Waals surface area contributed by atoms with Crippen LogP contribution < -0.4 is 16.0 Å². The Kier molecular flexibility index (Phi) is 6.13. The predicted octanol–water partition coefficient (Wildman–Crippen LogP) is 2.45. The summed E-state index contributed by atoms with van der Waals surface area (Å²) in [5, 5.41) is 18.0. The zero-order chi connectivity index (χ0) is 23.9. The first-order valence-electron chi connectivity index (χ1n) is 11.0. The first kappa shape index (κ1) is 23.2. The second kappa shape index (κ2) is 8.74. The van der Waals surface area contributed by atoms with Gasteiger partial charge in [-0.15, -0.1) is 0 Å². The number of nitrogens with one attached hydrogen (secondary N) is 3. The lowest BCUT2D eigenvalue weighted by Gasteiger charge is -2.45. The molecule has 2 unspecified atom stereocenters. The minimum Gasteiger partial charge on any atom is -0.503 e. The summed E-state index contributed by atoms with van der Waals surface area (Å²) >= 11 is 0. The molecule has 2 heterocycles. The minimum absolute atomic E-state index is 0.0963. The first-order valence-corrected chi connectivity index (χ1v) is 11.0. The van der Waals surface area contributed by atoms with E-state index < -0.39 is 34.7 Å². The summed E-state index contributed by atoms with van der Waals surface area (Å²) in [5.41, 5.74) is -0.0138. The molecule has 0 bridgehead atoms. The molecule has 33 heavy (non-hydrogen) atoms. The number of hydrogen-bond acceptors (Lipinski definition) is 5. The zero-order valence-electron chi connectivity index (χ0n) is 18.5. The van der Waals surface area contributed by atoms with Crippen molar-refractivity contribution in [1.29, 1.82) is 0 Å². The van der Waals surface area contributed by atoms with Crippen molar-refractivity contribution >= 4 is 11.8 Å². The van der Waals surface area contributed by atoms with Gasteiger partial charge >= 0.3 is 0 Å². The highest BCUT2D eigenvalue weighted by Crippen LogP contribution is 2.44. The second-order valence-corrected chi connectivity index (χ2v) is 8.85. The number of nitrogens with zero attached hydrogens (tertiary/aromatic N) is 1. The van der Waals surface area contributed by atoms with Crippen LogP contribution in [0.5, 0.6) is 5.75 Å². The summed E-state index contributed by atoms with van der Waals surface area (Å²) in [6.07, 6.45) is 2.80. The minimum atomic E-state index is -1.22. The molecule has 4 N–H and O–H groups in total. The predicted molar refractivity (Wildman–Crippen MR) is 115 cm³/mol. The van der Waals surface area contributed by atoms with E-state index in [2.05, 4.69) is 16.0 Å². The Hall–Kier alpha value is -3.01. The highest BCUT2D eigenvalue weighted by molar-refractivity contribution is 5.95. The van der Waals surface area contributed by atoms with Crippen molar-refractivity contribution in [2.45, 2.75) is 44.7 Å². The third-order valence-corrected chi connectivity index (χ3v) is 6.78. The number of hydrogen-bond donors (Lipinski definition) is 4. The van der Waals surface area contributed by atoms with Crippen LogP contribution in [0.3, 0.4) is 0 Å². The van der Waals surface area contributed by atoms with Gasteiger partial charge in [0.25, 0.3) is 5.91 Å². The summed E-state index contributed by atoms with van der Waals surface area (Å²) in [6, 6.07) is 1.17. The van der Waals surface area contributed by atoms with Crippen LogP contribution >= 0.6 is 0 Å². The van der Waals surface area contributed by atoms with E-state index in [1.54, 1.807) is 6.92 Å². The average molecular weight is 464 g/mol. The molecule has 178 valence electrons. The maximum Gasteiger partial charge on any atom is 0.251 e. The Morgan fingerprint density at radius 1 is 1.30 bits per heavy atom. The number of rotatable bonds is 5. The Labute approximate surface area is 189 Å². The SMILES string of the molecule is CCNC1=C2NC(=O)C(C)(N3CCC[C@@H](NC(=O)c4cc(F)c(O)c(F)c4)C3)C2CC(F)=C1. The Bertz CT molecular complexity index is 1030. The number of phenols is 1. The molecule has 3 atom stereocenters. The van der Waals surface area contributed by atoms with Gasteiger partial charge in [0.15, 0.2) is 17.4 Å². The van der Waals surface area contributed by atoms with Crippen molar-refractivity contribution < 1.29 is 27.9 Å². The number of likely N-dealkylation sites (tertiary alicyclic amines) is 1. The molecule has 0 saturated carbocycles. The third-order valence-electron chi connectivity index (χ3n) is 6.78. The van der Waals surface area contributed by atoms with E-state index in [1.807, 2.05) is 11.8 Å². The summed E-state index contributed by atoms with van der Waals surface area (Å²) in [5.74, 6) is -5.19. The van der Waals surface area contributed by atoms with Crippen LogP contribution in [0.4, 0.5) is 13.2 Å². The van der Waals surface area contributed by atoms with Crippen LogP contribution in [0.2, 0.25) is 0 Å². The van der Waals surface area contributed by atoms with Crippen molar-refractivity contribution in [3.63, 3.8) is 0 Å². The van der Waals surface area contributed by atoms with Crippen LogP contribution in [0.15, 0.2) is 35.4 Å². The molecule has 0 aromatic heterocycles. The lowest BCUT2D eigenvalue weighted by atomic mass is 9.78. The standard InChI is InChI=1S/C23H27F3N4O3/c1-3-27-18-10-13(24)9-15-19(18)29-22(33)23(15,2)30-6-4-5-14(11-30)28-21(32)12-7-16(25)20(31)17(26)8-12/h7-8,10,14-15,27,31H,3-6,9,11H2,1-2H3,(H,28,32)(H,29,33)/t14-,15?,23?/m1/s1. The molecule has 0 spiro atoms. The van der Waals surface area contributed by atoms with Gasteiger partial charge in [-0.05, 0) is 51.4 Å². The van der Waals surface area contributed by atoms with E-state index in [0.29, 0.717) is 43.9 Å². The van der Waals surface area contributed by atoms with Crippen LogP contribution in [0.25, 0.3) is 0 Å². The van der Waals surface area contributed by atoms with Gasteiger partial charge in [-0.2, -0.15) is 0 Å². The van der Waals surface area contributed by atoms with Crippen LogP contribution in [0.1, 0.15) is 43.5 Å². The number of amides is 2. The number of benzene rings is 1. The number of carbonyl (C=O) groups excluding carboxylic acids is 2. The Morgan fingerprint density at radius 2 is 2.00 bits per heavy atom. The van der Waals surface area contributed by atoms with Gasteiger partial charge in [-0.3, -0.25) is 14.5 Å². The molecular weight excluding hydrogens is 437 g/mol. The van der Waals surface area contributed by atoms with Crippen LogP contribution in [0, 0.1) is 17.6 Å². The fourth-order valence-corrected chi connectivity index (χ4v) is 5.00. The molecule has 2 amide bonds. The van der Waals surface area contributed by atoms with Gasteiger partial charge in [0.1, 0.15) is 11.4 Å². The van der Waals surface area contributed by atoms with E-state index >= 15 is 0 Å². The molecule has 0 radical (unpaired) electrons. The molecule has 2 fully saturated rings. The molecule has 4 rings (SSSR count). The maximum absolute atomic E-state index is 14.5. The van der Waals surface area contributed by atoms with Crippen molar-refractivity contribution in [2.24, 2.45) is 5.92 Å². The maximum atomic E-state index is 14.5. The zero-order valence-corrected chi connectivity index (χ0v) is 18.5. The number of carbonyl (C=O) groups is 2. The lowest BCUT2D eigenvalue weighted by molar-refractivity contribution is -0.131. The largest absolute Gasteiger partial charge is 0.503 e. The summed E-state index contributed by atoms with van der Waals surface area (Å²) in [7, 11) is 0. The monoisotopic (exact) mass is 464 g/mol. The summed E-state index contributed by atoms with van der Waals surface area (Å²) in [4.78, 5) is 27.7. The molecule has 3 aliphatic rings. The van der Waals surface area contributed by atoms with E-state index in [-0.39, 0.29) is 29.8 Å². The number of allylic oxidation sites excluding steroid dienone is 2. The topological polar surface area (TPSA) is 93.7 Å². The lowest BCUT2D eigenvalue weighted by Crippen LogP contribution is -2.61. The number of halogens is 3. The van der Waals surface area contributed by atoms with Crippen molar-refractivity contribution in [3.05, 3.63) is 52.6 Å². The molecule has 2 aliphatic heterocycles. The molecule has 10 heteroatoms. The first-order chi connectivity index (χ1) is 15.6. The number of piperidine rings is 1. The smallest absolute Gasteiger partial charge is 0.251 e. The fourth-order valence-electron chi connectivity index (χ4n) is 5.00. The van der Waals surface area contributed by atoms with Gasteiger partial charge in [0.2, 0.25) is 5.91 Å². The highest BCUT2D eigenvalue weighted by atomic mass is 19.1. The summed E-state index contributed by atoms with van der Waals surface area (Å²) < 4.78 is 41.8. The van der Waals surface area contributed by atoms with Gasteiger partial charge in [0, 0.05) is 42.7 Å². The van der Waals surface area contributed by atoms with Gasteiger partial charge < -0.3 is 21.1 Å². The van der Waals surface area contributed by atoms with E-state index in [1.165, 1.54) is 6.08 Å². The van der Waals surface area contributed by atoms with Gasteiger partial charge in [0.05, 0.1) is 5.70 Å². The van der Waals surface area contributed by atoms with E-state index in [4.69, 9.17) is 0 Å². The number of likely N-dealkylation sites (N-methyl/N-ethyl adjacent to an activating group) is 1. The van der Waals surface area contributed by atoms with Crippen LogP contribution in [-0.4, -0.2) is 53.0 Å². The second-order valence-electron chi connectivity index (χ2n) is 8.85. The number of fused-ring (bicyclic) bond motifs is 1. The van der Waals surface area contributed by atoms with Crippen molar-refractivity contribution in [3.8, 4) is 5.75 Å².